The predicted molar refractivity (Wildman–Crippen MR) is 104 cm³/mol. The molecule has 1 aromatic heterocycles. The SMILES string of the molecule is CCC(Oc1ccc(C2=NCCO2)cc1)N1CCN(c2cccnn2)CC1. The van der Waals surface area contributed by atoms with E-state index < -0.39 is 0 Å². The van der Waals surface area contributed by atoms with Crippen LogP contribution in [0.4, 0.5) is 5.82 Å². The van der Waals surface area contributed by atoms with E-state index in [1.165, 1.54) is 0 Å². The van der Waals surface area contributed by atoms with Crippen LogP contribution in [0.15, 0.2) is 47.6 Å². The fraction of sp³-hybridized carbons (Fsp3) is 0.450. The molecule has 0 bridgehead atoms. The normalized spacial score (nSPS) is 18.7. The molecule has 2 aromatic rings. The summed E-state index contributed by atoms with van der Waals surface area (Å²) in [7, 11) is 0. The van der Waals surface area contributed by atoms with Crippen molar-refractivity contribution in [3.63, 3.8) is 0 Å². The van der Waals surface area contributed by atoms with Crippen LogP contribution < -0.4 is 9.64 Å². The van der Waals surface area contributed by atoms with Gasteiger partial charge in [0.2, 0.25) is 5.90 Å². The van der Waals surface area contributed by atoms with E-state index in [1.807, 2.05) is 36.4 Å². The van der Waals surface area contributed by atoms with Gasteiger partial charge in [0.05, 0.1) is 6.54 Å². The van der Waals surface area contributed by atoms with Crippen LogP contribution in [0.25, 0.3) is 0 Å². The molecule has 0 N–H and O–H groups in total. The Bertz CT molecular complexity index is 758. The van der Waals surface area contributed by atoms with E-state index in [2.05, 4.69) is 31.9 Å². The van der Waals surface area contributed by atoms with Gasteiger partial charge in [0.1, 0.15) is 12.4 Å². The Hall–Kier alpha value is -2.67. The van der Waals surface area contributed by atoms with Crippen molar-refractivity contribution >= 4 is 11.7 Å². The lowest BCUT2D eigenvalue weighted by Crippen LogP contribution is -2.52. The first-order valence-corrected chi connectivity index (χ1v) is 9.54. The van der Waals surface area contributed by atoms with Crippen molar-refractivity contribution in [2.24, 2.45) is 4.99 Å². The first kappa shape index (κ1) is 17.7. The molecule has 3 heterocycles. The van der Waals surface area contributed by atoms with Crippen LogP contribution in [0.2, 0.25) is 0 Å². The minimum absolute atomic E-state index is 0.0694. The molecule has 7 nitrogen and oxygen atoms in total. The maximum atomic E-state index is 6.26. The Morgan fingerprint density at radius 1 is 1.11 bits per heavy atom. The quantitative estimate of drug-likeness (QED) is 0.780. The number of anilines is 1. The summed E-state index contributed by atoms with van der Waals surface area (Å²) >= 11 is 0. The zero-order chi connectivity index (χ0) is 18.5. The number of aliphatic imine (C=N–C) groups is 1. The van der Waals surface area contributed by atoms with Crippen LogP contribution in [0, 0.1) is 0 Å². The van der Waals surface area contributed by atoms with Crippen molar-refractivity contribution in [2.45, 2.75) is 19.6 Å². The number of benzene rings is 1. The first-order chi connectivity index (χ1) is 13.3. The third-order valence-corrected chi connectivity index (χ3v) is 4.91. The van der Waals surface area contributed by atoms with Gasteiger partial charge >= 0.3 is 0 Å². The maximum Gasteiger partial charge on any atom is 0.216 e. The second-order valence-corrected chi connectivity index (χ2v) is 6.65. The van der Waals surface area contributed by atoms with Crippen molar-refractivity contribution in [1.29, 1.82) is 0 Å². The van der Waals surface area contributed by atoms with Gasteiger partial charge in [0.25, 0.3) is 0 Å². The van der Waals surface area contributed by atoms with Gasteiger partial charge in [0, 0.05) is 37.9 Å². The Kier molecular flexibility index (Phi) is 5.48. The third-order valence-electron chi connectivity index (χ3n) is 4.91. The summed E-state index contributed by atoms with van der Waals surface area (Å²) in [6.07, 6.45) is 2.71. The van der Waals surface area contributed by atoms with Crippen molar-refractivity contribution in [3.05, 3.63) is 48.2 Å². The van der Waals surface area contributed by atoms with Crippen LogP contribution in [0.5, 0.6) is 5.75 Å². The van der Waals surface area contributed by atoms with E-state index >= 15 is 0 Å². The third kappa shape index (κ3) is 4.19. The lowest BCUT2D eigenvalue weighted by atomic mass is 10.2. The Labute approximate surface area is 159 Å². The fourth-order valence-electron chi connectivity index (χ4n) is 3.46. The van der Waals surface area contributed by atoms with Gasteiger partial charge in [-0.3, -0.25) is 4.90 Å². The Morgan fingerprint density at radius 2 is 1.93 bits per heavy atom. The highest BCUT2D eigenvalue weighted by atomic mass is 16.5. The zero-order valence-electron chi connectivity index (χ0n) is 15.6. The Morgan fingerprint density at radius 3 is 2.56 bits per heavy atom. The number of hydrogen-bond acceptors (Lipinski definition) is 7. The molecule has 2 aliphatic heterocycles. The van der Waals surface area contributed by atoms with Crippen LogP contribution in [0.3, 0.4) is 0 Å². The lowest BCUT2D eigenvalue weighted by molar-refractivity contribution is 0.0184. The monoisotopic (exact) mass is 367 g/mol. The topological polar surface area (TPSA) is 63.1 Å². The van der Waals surface area contributed by atoms with E-state index in [-0.39, 0.29) is 6.23 Å². The highest BCUT2D eigenvalue weighted by molar-refractivity contribution is 5.95. The molecule has 0 aliphatic carbocycles. The summed E-state index contributed by atoms with van der Waals surface area (Å²) in [6, 6.07) is 12.0. The van der Waals surface area contributed by atoms with Crippen molar-refractivity contribution < 1.29 is 9.47 Å². The van der Waals surface area contributed by atoms with Gasteiger partial charge in [-0.15, -0.1) is 5.10 Å². The van der Waals surface area contributed by atoms with E-state index in [0.29, 0.717) is 6.61 Å². The van der Waals surface area contributed by atoms with Gasteiger partial charge < -0.3 is 14.4 Å². The molecule has 1 fully saturated rings. The zero-order valence-corrected chi connectivity index (χ0v) is 15.6. The number of aromatic nitrogens is 2. The molecule has 1 atom stereocenters. The maximum absolute atomic E-state index is 6.26. The van der Waals surface area contributed by atoms with Gasteiger partial charge in [-0.1, -0.05) is 6.92 Å². The standard InChI is InChI=1S/C20H25N5O2/c1-2-19(25-13-11-24(12-14-25)18-4-3-9-22-23-18)27-17-7-5-16(6-8-17)20-21-10-15-26-20/h3-9,19H,2,10-15H2,1H3. The summed E-state index contributed by atoms with van der Waals surface area (Å²) in [5.74, 6) is 2.55. The van der Waals surface area contributed by atoms with E-state index in [4.69, 9.17) is 9.47 Å². The first-order valence-electron chi connectivity index (χ1n) is 9.54. The van der Waals surface area contributed by atoms with Crippen molar-refractivity contribution in [2.75, 3.05) is 44.2 Å². The minimum Gasteiger partial charge on any atom is -0.476 e. The predicted octanol–water partition coefficient (Wildman–Crippen LogP) is 2.19. The van der Waals surface area contributed by atoms with Crippen LogP contribution >= 0.6 is 0 Å². The van der Waals surface area contributed by atoms with Crippen LogP contribution in [-0.2, 0) is 4.74 Å². The second-order valence-electron chi connectivity index (χ2n) is 6.65. The molecule has 2 aliphatic rings. The molecular weight excluding hydrogens is 342 g/mol. The van der Waals surface area contributed by atoms with Gasteiger partial charge in [-0.25, -0.2) is 4.99 Å². The smallest absolute Gasteiger partial charge is 0.216 e. The molecular formula is C20H25N5O2. The summed E-state index contributed by atoms with van der Waals surface area (Å²) < 4.78 is 11.8. The summed E-state index contributed by atoms with van der Waals surface area (Å²) in [5, 5.41) is 8.18. The highest BCUT2D eigenvalue weighted by Gasteiger charge is 2.24. The molecule has 1 saturated heterocycles. The second kappa shape index (κ2) is 8.35. The number of piperazine rings is 1. The fourth-order valence-corrected chi connectivity index (χ4v) is 3.46. The summed E-state index contributed by atoms with van der Waals surface area (Å²) in [6.45, 7) is 7.31. The molecule has 142 valence electrons. The number of rotatable bonds is 6. The van der Waals surface area contributed by atoms with E-state index in [0.717, 1.165) is 62.2 Å². The van der Waals surface area contributed by atoms with Crippen LogP contribution in [0.1, 0.15) is 18.9 Å². The Balaban J connectivity index is 1.34. The number of ether oxygens (including phenoxy) is 2. The van der Waals surface area contributed by atoms with Gasteiger partial charge in [0.15, 0.2) is 12.0 Å². The molecule has 0 amide bonds. The molecule has 1 unspecified atom stereocenters. The minimum atomic E-state index is 0.0694. The highest BCUT2D eigenvalue weighted by Crippen LogP contribution is 2.20. The van der Waals surface area contributed by atoms with E-state index in [1.54, 1.807) is 6.20 Å². The van der Waals surface area contributed by atoms with Gasteiger partial charge in [-0.05, 0) is 42.8 Å². The van der Waals surface area contributed by atoms with Crippen LogP contribution in [-0.4, -0.2) is 66.6 Å². The largest absolute Gasteiger partial charge is 0.476 e. The molecule has 0 radical (unpaired) electrons. The molecule has 4 rings (SSSR count). The molecule has 7 heteroatoms. The van der Waals surface area contributed by atoms with E-state index in [9.17, 15) is 0 Å². The van der Waals surface area contributed by atoms with Crippen molar-refractivity contribution in [1.82, 2.24) is 15.1 Å². The molecule has 0 spiro atoms. The summed E-state index contributed by atoms with van der Waals surface area (Å²) in [4.78, 5) is 9.01. The molecule has 0 saturated carbocycles. The number of nitrogens with zero attached hydrogens (tertiary/aromatic N) is 5. The lowest BCUT2D eigenvalue weighted by Gasteiger charge is -2.39. The average Bonchev–Trinajstić information content (AvgIpc) is 3.28. The average molecular weight is 367 g/mol. The molecule has 1 aromatic carbocycles. The number of hydrogen-bond donors (Lipinski definition) is 0. The van der Waals surface area contributed by atoms with Crippen molar-refractivity contribution in [3.8, 4) is 5.75 Å². The summed E-state index contributed by atoms with van der Waals surface area (Å²) in [5.41, 5.74) is 1.01. The van der Waals surface area contributed by atoms with Gasteiger partial charge in [-0.2, -0.15) is 5.10 Å². The molecule has 27 heavy (non-hydrogen) atoms.